The second-order valence-corrected chi connectivity index (χ2v) is 12.8. The van der Waals surface area contributed by atoms with E-state index < -0.39 is 27.4 Å². The van der Waals surface area contributed by atoms with E-state index in [1.807, 2.05) is 0 Å². The number of halogens is 3. The van der Waals surface area contributed by atoms with Crippen LogP contribution < -0.4 is 5.32 Å². The molecule has 2 fully saturated rings. The van der Waals surface area contributed by atoms with Gasteiger partial charge in [0, 0.05) is 58.0 Å². The van der Waals surface area contributed by atoms with Crippen LogP contribution in [0.15, 0.2) is 51.1 Å². The Bertz CT molecular complexity index is 1260. The molecule has 0 radical (unpaired) electrons. The summed E-state index contributed by atoms with van der Waals surface area (Å²) in [5, 5.41) is 8.77. The summed E-state index contributed by atoms with van der Waals surface area (Å²) in [6.45, 7) is 2.40. The molecule has 200 valence electrons. The largest absolute Gasteiger partial charge is 0.416 e. The number of hydrogen-bond donors (Lipinski definition) is 1. The molecule has 1 aromatic carbocycles. The minimum Gasteiger partial charge on any atom is -0.388 e. The standard InChI is InChI=1S/C24H27F3N4O4S2/c25-24(26,27)18-5-3-17(4-6-18)15-30-10-7-19(16-30)28-22(32)20-14-23(35-29-20)8-11-31(12-9-23)37(33,34)21-2-1-13-36-21/h1-6,13,19H,7-12,14-16H2,(H,28,32). The van der Waals surface area contributed by atoms with Crippen molar-refractivity contribution in [1.29, 1.82) is 0 Å². The van der Waals surface area contributed by atoms with Gasteiger partial charge in [0.2, 0.25) is 0 Å². The number of oxime groups is 1. The van der Waals surface area contributed by atoms with Crippen molar-refractivity contribution >= 4 is 33.0 Å². The van der Waals surface area contributed by atoms with Gasteiger partial charge in [-0.3, -0.25) is 9.69 Å². The fraction of sp³-hybridized carbons (Fsp3) is 0.500. The number of nitrogens with one attached hydrogen (secondary N) is 1. The van der Waals surface area contributed by atoms with Crippen molar-refractivity contribution in [3.05, 3.63) is 52.9 Å². The van der Waals surface area contributed by atoms with E-state index in [1.165, 1.54) is 27.8 Å². The number of nitrogens with zero attached hydrogens (tertiary/aromatic N) is 3. The Hall–Kier alpha value is -2.48. The zero-order valence-corrected chi connectivity index (χ0v) is 21.5. The molecule has 3 aliphatic rings. The van der Waals surface area contributed by atoms with Crippen LogP contribution in [0.5, 0.6) is 0 Å². The van der Waals surface area contributed by atoms with Gasteiger partial charge in [0.05, 0.1) is 5.56 Å². The monoisotopic (exact) mass is 556 g/mol. The summed E-state index contributed by atoms with van der Waals surface area (Å²) in [5.41, 5.74) is -0.257. The zero-order chi connectivity index (χ0) is 26.3. The molecular formula is C24H27F3N4O4S2. The quantitative estimate of drug-likeness (QED) is 0.589. The second-order valence-electron chi connectivity index (χ2n) is 9.71. The third-order valence-electron chi connectivity index (χ3n) is 7.12. The van der Waals surface area contributed by atoms with Gasteiger partial charge in [-0.1, -0.05) is 23.4 Å². The van der Waals surface area contributed by atoms with Crippen molar-refractivity contribution in [2.24, 2.45) is 5.16 Å². The van der Waals surface area contributed by atoms with Gasteiger partial charge >= 0.3 is 6.18 Å². The molecule has 3 aliphatic heterocycles. The molecular weight excluding hydrogens is 529 g/mol. The maximum atomic E-state index is 12.9. The van der Waals surface area contributed by atoms with Gasteiger partial charge < -0.3 is 10.2 Å². The smallest absolute Gasteiger partial charge is 0.388 e. The third kappa shape index (κ3) is 5.69. The summed E-state index contributed by atoms with van der Waals surface area (Å²) in [6.07, 6.45) is -2.41. The van der Waals surface area contributed by atoms with E-state index in [9.17, 15) is 26.4 Å². The summed E-state index contributed by atoms with van der Waals surface area (Å²) in [5.74, 6) is -0.299. The highest BCUT2D eigenvalue weighted by atomic mass is 32.2. The average Bonchev–Trinajstić information content (AvgIpc) is 3.62. The maximum Gasteiger partial charge on any atom is 0.416 e. The van der Waals surface area contributed by atoms with Crippen molar-refractivity contribution < 1.29 is 31.2 Å². The molecule has 5 rings (SSSR count). The molecule has 2 saturated heterocycles. The molecule has 37 heavy (non-hydrogen) atoms. The van der Waals surface area contributed by atoms with Gasteiger partial charge in [-0.05, 0) is 35.6 Å². The molecule has 1 aromatic heterocycles. The first-order valence-electron chi connectivity index (χ1n) is 12.0. The first-order valence-corrected chi connectivity index (χ1v) is 14.3. The van der Waals surface area contributed by atoms with Crippen LogP contribution in [0, 0.1) is 0 Å². The number of carbonyl (C=O) groups excluding carboxylic acids is 1. The number of piperidine rings is 1. The van der Waals surface area contributed by atoms with E-state index in [2.05, 4.69) is 15.4 Å². The number of sulfonamides is 1. The molecule has 0 aliphatic carbocycles. The fourth-order valence-corrected chi connectivity index (χ4v) is 7.59. The van der Waals surface area contributed by atoms with E-state index >= 15 is 0 Å². The van der Waals surface area contributed by atoms with E-state index in [0.717, 1.165) is 24.1 Å². The minimum absolute atomic E-state index is 0.0982. The van der Waals surface area contributed by atoms with Crippen molar-refractivity contribution in [2.75, 3.05) is 26.2 Å². The number of thiophene rings is 1. The van der Waals surface area contributed by atoms with Crippen LogP contribution in [0.2, 0.25) is 0 Å². The Balaban J connectivity index is 1.09. The Labute approximate surface area is 217 Å². The summed E-state index contributed by atoms with van der Waals surface area (Å²) < 4.78 is 65.6. The van der Waals surface area contributed by atoms with Gasteiger partial charge in [-0.2, -0.15) is 17.5 Å². The topological polar surface area (TPSA) is 91.3 Å². The molecule has 13 heteroatoms. The van der Waals surface area contributed by atoms with Crippen molar-refractivity contribution in [3.8, 4) is 0 Å². The van der Waals surface area contributed by atoms with E-state index in [0.29, 0.717) is 61.9 Å². The van der Waals surface area contributed by atoms with Crippen LogP contribution in [0.4, 0.5) is 13.2 Å². The van der Waals surface area contributed by atoms with Gasteiger partial charge in [0.15, 0.2) is 0 Å². The molecule has 1 atom stereocenters. The molecule has 0 bridgehead atoms. The number of carbonyl (C=O) groups is 1. The highest BCUT2D eigenvalue weighted by Crippen LogP contribution is 2.37. The molecule has 1 amide bonds. The Morgan fingerprint density at radius 1 is 1.16 bits per heavy atom. The third-order valence-corrected chi connectivity index (χ3v) is 10.4. The number of rotatable bonds is 6. The Morgan fingerprint density at radius 3 is 2.54 bits per heavy atom. The maximum absolute atomic E-state index is 12.9. The predicted octanol–water partition coefficient (Wildman–Crippen LogP) is 3.46. The lowest BCUT2D eigenvalue weighted by molar-refractivity contribution is -0.137. The van der Waals surface area contributed by atoms with Crippen LogP contribution >= 0.6 is 11.3 Å². The summed E-state index contributed by atoms with van der Waals surface area (Å²) in [4.78, 5) is 20.6. The summed E-state index contributed by atoms with van der Waals surface area (Å²) in [7, 11) is -3.52. The van der Waals surface area contributed by atoms with Crippen molar-refractivity contribution in [1.82, 2.24) is 14.5 Å². The molecule has 0 saturated carbocycles. The van der Waals surface area contributed by atoms with Gasteiger partial charge in [0.1, 0.15) is 15.5 Å². The van der Waals surface area contributed by atoms with Crippen molar-refractivity contribution in [2.45, 2.75) is 54.3 Å². The molecule has 1 spiro atoms. The molecule has 1 unspecified atom stereocenters. The first-order chi connectivity index (χ1) is 17.5. The lowest BCUT2D eigenvalue weighted by Crippen LogP contribution is -2.47. The number of amides is 1. The van der Waals surface area contributed by atoms with Crippen LogP contribution in [0.25, 0.3) is 0 Å². The minimum atomic E-state index is -4.36. The van der Waals surface area contributed by atoms with Crippen molar-refractivity contribution in [3.63, 3.8) is 0 Å². The lowest BCUT2D eigenvalue weighted by Gasteiger charge is -2.36. The number of likely N-dealkylation sites (tertiary alicyclic amines) is 1. The zero-order valence-electron chi connectivity index (χ0n) is 19.9. The van der Waals surface area contributed by atoms with Gasteiger partial charge in [-0.15, -0.1) is 11.3 Å². The number of hydrogen-bond acceptors (Lipinski definition) is 7. The number of benzene rings is 1. The van der Waals surface area contributed by atoms with Crippen LogP contribution in [0.3, 0.4) is 0 Å². The fourth-order valence-electron chi connectivity index (χ4n) is 5.00. The normalized spacial score (nSPS) is 22.7. The van der Waals surface area contributed by atoms with Crippen LogP contribution in [-0.2, 0) is 32.4 Å². The molecule has 8 nitrogen and oxygen atoms in total. The lowest BCUT2D eigenvalue weighted by atomic mass is 9.87. The first kappa shape index (κ1) is 26.1. The van der Waals surface area contributed by atoms with Gasteiger partial charge in [0.25, 0.3) is 15.9 Å². The second kappa shape index (κ2) is 10.0. The predicted molar refractivity (Wildman–Crippen MR) is 131 cm³/mol. The summed E-state index contributed by atoms with van der Waals surface area (Å²) >= 11 is 1.19. The highest BCUT2D eigenvalue weighted by molar-refractivity contribution is 7.91. The number of alkyl halides is 3. The Kier molecular flexibility index (Phi) is 7.07. The van der Waals surface area contributed by atoms with Crippen LogP contribution in [-0.4, -0.2) is 67.1 Å². The molecule has 2 aromatic rings. The molecule has 1 N–H and O–H groups in total. The Morgan fingerprint density at radius 2 is 1.89 bits per heavy atom. The van der Waals surface area contributed by atoms with Crippen LogP contribution in [0.1, 0.15) is 36.8 Å². The molecule has 4 heterocycles. The SMILES string of the molecule is O=C(NC1CCN(Cc2ccc(C(F)(F)F)cc2)C1)C1=NOC2(CCN(S(=O)(=O)c3cccs3)CC2)C1. The average molecular weight is 557 g/mol. The highest BCUT2D eigenvalue weighted by Gasteiger charge is 2.46. The van der Waals surface area contributed by atoms with Gasteiger partial charge in [-0.25, -0.2) is 8.42 Å². The van der Waals surface area contributed by atoms with E-state index in [4.69, 9.17) is 4.84 Å². The summed E-state index contributed by atoms with van der Waals surface area (Å²) in [6, 6.07) is 8.34. The van der Waals surface area contributed by atoms with E-state index in [1.54, 1.807) is 17.5 Å². The van der Waals surface area contributed by atoms with E-state index in [-0.39, 0.29) is 11.9 Å².